The van der Waals surface area contributed by atoms with Gasteiger partial charge in [0.1, 0.15) is 5.01 Å². The number of nitrogens with zero attached hydrogens (tertiary/aromatic N) is 1. The first-order valence-corrected chi connectivity index (χ1v) is 20.5. The lowest BCUT2D eigenvalue weighted by Gasteiger charge is -2.18. The average molecular weight is 808 g/mol. The number of nitrogens with one attached hydrogen (secondary N) is 2. The molecule has 0 amide bonds. The van der Waals surface area contributed by atoms with Gasteiger partial charge in [-0.2, -0.15) is 0 Å². The molecule has 0 aliphatic heterocycles. The van der Waals surface area contributed by atoms with Crippen molar-refractivity contribution in [3.8, 4) is 44.0 Å². The lowest BCUT2D eigenvalue weighted by atomic mass is 9.90. The van der Waals surface area contributed by atoms with Crippen molar-refractivity contribution >= 4 is 51.9 Å². The topological polar surface area (TPSA) is 89.5 Å². The Balaban J connectivity index is 1.09. The molecule has 0 aliphatic carbocycles. The third kappa shape index (κ3) is 10.4. The number of ether oxygens (including phenoxy) is 2. The van der Waals surface area contributed by atoms with Crippen molar-refractivity contribution in [2.75, 3.05) is 18.5 Å². The molecule has 60 heavy (non-hydrogen) atoms. The Bertz CT molecular complexity index is 2620. The van der Waals surface area contributed by atoms with E-state index in [1.807, 2.05) is 61.1 Å². The molecule has 0 atom stereocenters. The lowest BCUT2D eigenvalue weighted by Crippen LogP contribution is -2.09. The predicted octanol–water partition coefficient (Wildman–Crippen LogP) is 12.5. The maximum Gasteiger partial charge on any atom is 0.333 e. The highest BCUT2D eigenvalue weighted by molar-refractivity contribution is 7.16. The highest BCUT2D eigenvalue weighted by atomic mass is 32.1. The second-order valence-corrected chi connectivity index (χ2v) is 15.1. The van der Waals surface area contributed by atoms with Gasteiger partial charge in [-0.15, -0.1) is 11.3 Å². The van der Waals surface area contributed by atoms with Crippen molar-refractivity contribution in [2.24, 2.45) is 0 Å². The molecule has 0 unspecified atom stereocenters. The van der Waals surface area contributed by atoms with Crippen molar-refractivity contribution in [1.82, 2.24) is 10.3 Å². The smallest absolute Gasteiger partial charge is 0.333 e. The van der Waals surface area contributed by atoms with Gasteiger partial charge in [-0.25, -0.2) is 14.6 Å². The van der Waals surface area contributed by atoms with Gasteiger partial charge in [0.05, 0.1) is 23.8 Å². The fourth-order valence-electron chi connectivity index (χ4n) is 6.60. The lowest BCUT2D eigenvalue weighted by molar-refractivity contribution is -0.140. The number of esters is 2. The molecular weight excluding hydrogens is 763 g/mol. The molecule has 7 rings (SSSR count). The summed E-state index contributed by atoms with van der Waals surface area (Å²) in [6.07, 6.45) is 11.2. The van der Waals surface area contributed by atoms with Crippen molar-refractivity contribution < 1.29 is 19.1 Å². The highest BCUT2D eigenvalue weighted by Gasteiger charge is 2.16. The minimum Gasteiger partial charge on any atom is -0.462 e. The molecule has 2 N–H and O–H groups in total. The van der Waals surface area contributed by atoms with E-state index in [4.69, 9.17) is 14.5 Å². The van der Waals surface area contributed by atoms with Crippen molar-refractivity contribution in [2.45, 2.75) is 20.3 Å². The number of thiazole rings is 1. The summed E-state index contributed by atoms with van der Waals surface area (Å²) in [5, 5.41) is 10.0. The molecule has 0 aliphatic rings. The number of carbonyl (C=O) groups is 2. The van der Waals surface area contributed by atoms with Crippen LogP contribution in [0.5, 0.6) is 0 Å². The van der Waals surface area contributed by atoms with E-state index in [1.165, 1.54) is 11.6 Å². The summed E-state index contributed by atoms with van der Waals surface area (Å²) in [6, 6.07) is 48.0. The third-order valence-corrected chi connectivity index (χ3v) is 10.7. The van der Waals surface area contributed by atoms with E-state index >= 15 is 0 Å². The number of benzene rings is 6. The van der Waals surface area contributed by atoms with Crippen molar-refractivity contribution in [1.29, 1.82) is 0 Å². The van der Waals surface area contributed by atoms with Gasteiger partial charge in [-0.1, -0.05) is 146 Å². The molecule has 7 aromatic rings. The summed E-state index contributed by atoms with van der Waals surface area (Å²) in [6.45, 7) is 7.54. The second-order valence-electron chi connectivity index (χ2n) is 14.1. The normalized spacial score (nSPS) is 11.4. The van der Waals surface area contributed by atoms with E-state index in [-0.39, 0.29) is 13.2 Å². The summed E-state index contributed by atoms with van der Waals surface area (Å²) < 4.78 is 10.3. The summed E-state index contributed by atoms with van der Waals surface area (Å²) in [5.74, 6) is -0.918. The largest absolute Gasteiger partial charge is 0.462 e. The zero-order valence-corrected chi connectivity index (χ0v) is 34.4. The number of fused-ring (bicyclic) bond motifs is 1. The van der Waals surface area contributed by atoms with Crippen molar-refractivity contribution in [3.63, 3.8) is 0 Å². The van der Waals surface area contributed by atoms with Gasteiger partial charge >= 0.3 is 11.9 Å². The Labute approximate surface area is 355 Å². The van der Waals surface area contributed by atoms with Crippen molar-refractivity contribution in [3.05, 3.63) is 192 Å². The first-order valence-electron chi connectivity index (χ1n) is 19.7. The SMILES string of the molecule is C=C(C)C(=O)OCCCOC(=O)/C=C/c1ccc(-c2cc(N/C=C/N/C=C/c3nc(-c4ccccc4)c(-c4ccccc4)s3)c(-c3ccc(C)cc3)c3ccccc23)cc1. The van der Waals surface area contributed by atoms with Crippen LogP contribution in [0.25, 0.3) is 66.9 Å². The zero-order chi connectivity index (χ0) is 41.7. The van der Waals surface area contributed by atoms with Crippen LogP contribution in [-0.2, 0) is 19.1 Å². The van der Waals surface area contributed by atoms with Gasteiger partial charge in [0.2, 0.25) is 0 Å². The molecule has 0 spiro atoms. The first-order chi connectivity index (χ1) is 29.3. The predicted molar refractivity (Wildman–Crippen MR) is 248 cm³/mol. The number of aromatic nitrogens is 1. The van der Waals surface area contributed by atoms with Gasteiger partial charge in [-0.3, -0.25) is 0 Å². The molecule has 1 heterocycles. The molecule has 7 nitrogen and oxygen atoms in total. The summed E-state index contributed by atoms with van der Waals surface area (Å²) >= 11 is 1.66. The Morgan fingerprint density at radius 2 is 1.35 bits per heavy atom. The molecule has 8 heteroatoms. The molecule has 0 bridgehead atoms. The van der Waals surface area contributed by atoms with E-state index < -0.39 is 11.9 Å². The number of rotatable bonds is 16. The van der Waals surface area contributed by atoms with Gasteiger partial charge < -0.3 is 20.1 Å². The minimum absolute atomic E-state index is 0.147. The van der Waals surface area contributed by atoms with Crippen LogP contribution in [0.15, 0.2) is 176 Å². The van der Waals surface area contributed by atoms with E-state index in [1.54, 1.807) is 24.3 Å². The van der Waals surface area contributed by atoms with Gasteiger partial charge in [0.25, 0.3) is 0 Å². The summed E-state index contributed by atoms with van der Waals surface area (Å²) in [5.41, 5.74) is 10.9. The Hall–Kier alpha value is -7.29. The van der Waals surface area contributed by atoms with Crippen LogP contribution < -0.4 is 10.6 Å². The van der Waals surface area contributed by atoms with Crippen LogP contribution in [-0.4, -0.2) is 30.1 Å². The summed E-state index contributed by atoms with van der Waals surface area (Å²) in [7, 11) is 0. The van der Waals surface area contributed by atoms with Crippen LogP contribution >= 0.6 is 11.3 Å². The van der Waals surface area contributed by atoms with Crippen LogP contribution in [0, 0.1) is 6.92 Å². The minimum atomic E-state index is -0.464. The molecule has 0 saturated carbocycles. The van der Waals surface area contributed by atoms with Crippen LogP contribution in [0.1, 0.15) is 29.5 Å². The third-order valence-electron chi connectivity index (χ3n) is 9.60. The number of anilines is 1. The van der Waals surface area contributed by atoms with Crippen LogP contribution in [0.4, 0.5) is 5.69 Å². The molecule has 6 aromatic carbocycles. The van der Waals surface area contributed by atoms with Gasteiger partial charge in [-0.05, 0) is 70.7 Å². The quantitative estimate of drug-likeness (QED) is 0.0571. The fraction of sp³-hybridized carbons (Fsp3) is 0.0962. The zero-order valence-electron chi connectivity index (χ0n) is 33.6. The Kier molecular flexibility index (Phi) is 13.6. The highest BCUT2D eigenvalue weighted by Crippen LogP contribution is 2.42. The number of aryl methyl sites for hydroxylation is 1. The average Bonchev–Trinajstić information content (AvgIpc) is 3.72. The van der Waals surface area contributed by atoms with Gasteiger partial charge in [0.15, 0.2) is 0 Å². The standard InChI is InChI=1S/C52H45N3O4S/c1-36(2)52(57)59-34-12-33-58-48(56)28-23-38-21-26-39(27-22-38)45-35-46(49(40-24-19-37(3)20-25-40)44-18-11-10-17-43(44)45)54-32-31-53-30-29-47-55-50(41-13-6-4-7-14-41)51(60-47)42-15-8-5-9-16-42/h4-11,13-32,35,53-54H,1,12,33-34H2,2-3H3/b28-23+,30-29+,32-31+. The molecule has 0 saturated heterocycles. The van der Waals surface area contributed by atoms with Crippen LogP contribution in [0.3, 0.4) is 0 Å². The van der Waals surface area contributed by atoms with E-state index in [0.29, 0.717) is 12.0 Å². The number of hydrogen-bond acceptors (Lipinski definition) is 8. The van der Waals surface area contributed by atoms with E-state index in [0.717, 1.165) is 71.0 Å². The number of carbonyl (C=O) groups excluding carboxylic acids is 2. The second kappa shape index (κ2) is 19.9. The Morgan fingerprint density at radius 3 is 2.07 bits per heavy atom. The van der Waals surface area contributed by atoms with Crippen LogP contribution in [0.2, 0.25) is 0 Å². The summed E-state index contributed by atoms with van der Waals surface area (Å²) in [4.78, 5) is 30.0. The Morgan fingerprint density at radius 1 is 0.700 bits per heavy atom. The van der Waals surface area contributed by atoms with E-state index in [9.17, 15) is 9.59 Å². The fourth-order valence-corrected chi connectivity index (χ4v) is 7.60. The van der Waals surface area contributed by atoms with E-state index in [2.05, 4.69) is 127 Å². The van der Waals surface area contributed by atoms with Gasteiger partial charge in [0, 0.05) is 53.5 Å². The molecular formula is C52H45N3O4S. The monoisotopic (exact) mass is 807 g/mol. The number of hydrogen-bond donors (Lipinski definition) is 2. The molecule has 1 aromatic heterocycles. The molecule has 298 valence electrons. The first kappa shape index (κ1) is 40.9. The maximum atomic E-state index is 12.3. The maximum absolute atomic E-state index is 12.3. The molecule has 0 fully saturated rings. The molecule has 0 radical (unpaired) electrons.